The van der Waals surface area contributed by atoms with E-state index in [1.807, 2.05) is 11.8 Å². The Hall–Kier alpha value is -2.25. The van der Waals surface area contributed by atoms with Crippen molar-refractivity contribution in [2.24, 2.45) is 0 Å². The molecule has 1 N–H and O–H groups in total. The number of nitrogens with one attached hydrogen (secondary N) is 1. The highest BCUT2D eigenvalue weighted by atomic mass is 32.2. The predicted octanol–water partition coefficient (Wildman–Crippen LogP) is 5.59. The third kappa shape index (κ3) is 7.25. The van der Waals surface area contributed by atoms with Gasteiger partial charge in [0.15, 0.2) is 0 Å². The highest BCUT2D eigenvalue weighted by molar-refractivity contribution is 7.99. The summed E-state index contributed by atoms with van der Waals surface area (Å²) in [5.41, 5.74) is 2.35. The highest BCUT2D eigenvalue weighted by Gasteiger charge is 2.10. The summed E-state index contributed by atoms with van der Waals surface area (Å²) in [6, 6.07) is 16.9. The maximum Gasteiger partial charge on any atom is 0.322 e. The van der Waals surface area contributed by atoms with E-state index in [9.17, 15) is 4.79 Å². The standard InChI is InChI=1S/C22H25N3O2S2/c1-3-28-18-12-8-17(9-13-18)15-21-24-25-22(27-21)23-20(26)5-4-14-29-19-10-6-16(2)7-11-19/h6-13H,3-5,14-15H2,1-2H3,(H,23,25,26). The molecule has 1 heterocycles. The number of amides is 1. The maximum atomic E-state index is 12.1. The van der Waals surface area contributed by atoms with Gasteiger partial charge in [0.1, 0.15) is 0 Å². The molecule has 7 heteroatoms. The fraction of sp³-hybridized carbons (Fsp3) is 0.318. The maximum absolute atomic E-state index is 12.1. The van der Waals surface area contributed by atoms with Crippen LogP contribution in [0.3, 0.4) is 0 Å². The minimum absolute atomic E-state index is 0.106. The van der Waals surface area contributed by atoms with Crippen LogP contribution in [0, 0.1) is 6.92 Å². The molecule has 0 saturated carbocycles. The van der Waals surface area contributed by atoms with Gasteiger partial charge in [-0.25, -0.2) is 0 Å². The van der Waals surface area contributed by atoms with Crippen LogP contribution >= 0.6 is 23.5 Å². The van der Waals surface area contributed by atoms with Gasteiger partial charge in [-0.1, -0.05) is 41.9 Å². The predicted molar refractivity (Wildman–Crippen MR) is 120 cm³/mol. The first-order valence-corrected chi connectivity index (χ1v) is 11.6. The third-order valence-electron chi connectivity index (χ3n) is 4.14. The van der Waals surface area contributed by atoms with E-state index in [0.717, 1.165) is 23.5 Å². The molecule has 0 atom stereocenters. The third-order valence-corrected chi connectivity index (χ3v) is 6.13. The van der Waals surface area contributed by atoms with Gasteiger partial charge in [-0.05, 0) is 54.7 Å². The van der Waals surface area contributed by atoms with Gasteiger partial charge in [0.05, 0.1) is 6.42 Å². The fourth-order valence-electron chi connectivity index (χ4n) is 2.66. The van der Waals surface area contributed by atoms with Gasteiger partial charge >= 0.3 is 6.01 Å². The summed E-state index contributed by atoms with van der Waals surface area (Å²) in [6.45, 7) is 4.21. The van der Waals surface area contributed by atoms with Crippen molar-refractivity contribution < 1.29 is 9.21 Å². The lowest BCUT2D eigenvalue weighted by molar-refractivity contribution is -0.116. The van der Waals surface area contributed by atoms with Crippen LogP contribution in [-0.2, 0) is 11.2 Å². The Balaban J connectivity index is 1.39. The molecule has 2 aromatic carbocycles. The molecule has 0 aliphatic carbocycles. The first-order chi connectivity index (χ1) is 14.1. The SMILES string of the molecule is CCSc1ccc(Cc2nnc(NC(=O)CCCSc3ccc(C)cc3)o2)cc1. The molecule has 3 aromatic rings. The molecule has 0 saturated heterocycles. The van der Waals surface area contributed by atoms with Gasteiger partial charge in [-0.15, -0.1) is 28.6 Å². The molecule has 0 spiro atoms. The summed E-state index contributed by atoms with van der Waals surface area (Å²) < 4.78 is 5.56. The van der Waals surface area contributed by atoms with Crippen molar-refractivity contribution in [1.82, 2.24) is 10.2 Å². The number of aryl methyl sites for hydroxylation is 1. The number of nitrogens with zero attached hydrogens (tertiary/aromatic N) is 2. The molecule has 0 aliphatic rings. The topological polar surface area (TPSA) is 68.0 Å². The number of thioether (sulfide) groups is 2. The molecule has 29 heavy (non-hydrogen) atoms. The second kappa shape index (κ2) is 11.1. The van der Waals surface area contributed by atoms with Crippen molar-refractivity contribution in [3.63, 3.8) is 0 Å². The molecular weight excluding hydrogens is 402 g/mol. The summed E-state index contributed by atoms with van der Waals surface area (Å²) in [4.78, 5) is 14.6. The zero-order chi connectivity index (χ0) is 20.5. The van der Waals surface area contributed by atoms with E-state index in [4.69, 9.17) is 4.42 Å². The molecule has 1 amide bonds. The molecular formula is C22H25N3O2S2. The van der Waals surface area contributed by atoms with E-state index in [0.29, 0.717) is 18.7 Å². The van der Waals surface area contributed by atoms with Crippen molar-refractivity contribution in [3.05, 3.63) is 65.5 Å². The van der Waals surface area contributed by atoms with Crippen molar-refractivity contribution in [3.8, 4) is 0 Å². The minimum Gasteiger partial charge on any atom is -0.407 e. The van der Waals surface area contributed by atoms with Crippen LogP contribution in [-0.4, -0.2) is 27.6 Å². The number of aromatic nitrogens is 2. The molecule has 0 radical (unpaired) electrons. The van der Waals surface area contributed by atoms with E-state index in [-0.39, 0.29) is 11.9 Å². The Morgan fingerprint density at radius 1 is 1.00 bits per heavy atom. The normalized spacial score (nSPS) is 10.8. The summed E-state index contributed by atoms with van der Waals surface area (Å²) in [7, 11) is 0. The van der Waals surface area contributed by atoms with E-state index in [2.05, 4.69) is 77.9 Å². The van der Waals surface area contributed by atoms with E-state index in [1.165, 1.54) is 15.4 Å². The van der Waals surface area contributed by atoms with Crippen LogP contribution in [0.25, 0.3) is 0 Å². The highest BCUT2D eigenvalue weighted by Crippen LogP contribution is 2.21. The van der Waals surface area contributed by atoms with Crippen LogP contribution < -0.4 is 5.32 Å². The summed E-state index contributed by atoms with van der Waals surface area (Å²) >= 11 is 3.56. The average molecular weight is 428 g/mol. The number of anilines is 1. The molecule has 0 aliphatic heterocycles. The van der Waals surface area contributed by atoms with E-state index in [1.54, 1.807) is 11.8 Å². The number of rotatable bonds is 10. The number of carbonyl (C=O) groups is 1. The summed E-state index contributed by atoms with van der Waals surface area (Å²) in [5, 5.41) is 10.6. The Morgan fingerprint density at radius 3 is 2.41 bits per heavy atom. The summed E-state index contributed by atoms with van der Waals surface area (Å²) in [6.07, 6.45) is 1.76. The van der Waals surface area contributed by atoms with Gasteiger partial charge in [-0.2, -0.15) is 0 Å². The lowest BCUT2D eigenvalue weighted by Crippen LogP contribution is -2.11. The van der Waals surface area contributed by atoms with Crippen LogP contribution in [0.4, 0.5) is 6.01 Å². The summed E-state index contributed by atoms with van der Waals surface area (Å²) in [5.74, 6) is 2.32. The molecule has 152 valence electrons. The second-order valence-electron chi connectivity index (χ2n) is 6.57. The van der Waals surface area contributed by atoms with E-state index >= 15 is 0 Å². The first-order valence-electron chi connectivity index (χ1n) is 9.66. The molecule has 1 aromatic heterocycles. The Labute approximate surface area is 180 Å². The van der Waals surface area contributed by atoms with Gasteiger partial charge in [0, 0.05) is 16.2 Å². The number of hydrogen-bond donors (Lipinski definition) is 1. The van der Waals surface area contributed by atoms with Crippen molar-refractivity contribution in [1.29, 1.82) is 0 Å². The number of hydrogen-bond acceptors (Lipinski definition) is 6. The number of benzene rings is 2. The lowest BCUT2D eigenvalue weighted by Gasteiger charge is -2.03. The molecule has 5 nitrogen and oxygen atoms in total. The largest absolute Gasteiger partial charge is 0.407 e. The van der Waals surface area contributed by atoms with Crippen LogP contribution in [0.5, 0.6) is 0 Å². The zero-order valence-electron chi connectivity index (χ0n) is 16.7. The van der Waals surface area contributed by atoms with Crippen LogP contribution in [0.2, 0.25) is 0 Å². The molecule has 3 rings (SSSR count). The fourth-order valence-corrected chi connectivity index (χ4v) is 4.17. The smallest absolute Gasteiger partial charge is 0.322 e. The van der Waals surface area contributed by atoms with E-state index < -0.39 is 0 Å². The average Bonchev–Trinajstić information content (AvgIpc) is 3.15. The van der Waals surface area contributed by atoms with Crippen molar-refractivity contribution >= 4 is 35.4 Å². The van der Waals surface area contributed by atoms with Crippen molar-refractivity contribution in [2.45, 2.75) is 42.9 Å². The lowest BCUT2D eigenvalue weighted by atomic mass is 10.1. The zero-order valence-corrected chi connectivity index (χ0v) is 18.3. The Kier molecular flexibility index (Phi) is 8.19. The minimum atomic E-state index is -0.106. The Bertz CT molecular complexity index is 909. The molecule has 0 fully saturated rings. The van der Waals surface area contributed by atoms with Crippen molar-refractivity contribution in [2.75, 3.05) is 16.8 Å². The van der Waals surface area contributed by atoms with Gasteiger partial charge in [-0.3, -0.25) is 10.1 Å². The molecule has 0 bridgehead atoms. The number of carbonyl (C=O) groups excluding carboxylic acids is 1. The molecule has 0 unspecified atom stereocenters. The van der Waals surface area contributed by atoms with Gasteiger partial charge in [0.2, 0.25) is 11.8 Å². The van der Waals surface area contributed by atoms with Crippen LogP contribution in [0.15, 0.2) is 62.7 Å². The quantitative estimate of drug-likeness (QED) is 0.336. The first kappa shape index (κ1) is 21.5. The second-order valence-corrected chi connectivity index (χ2v) is 9.07. The van der Waals surface area contributed by atoms with Gasteiger partial charge in [0.25, 0.3) is 0 Å². The van der Waals surface area contributed by atoms with Crippen LogP contribution in [0.1, 0.15) is 36.8 Å². The monoisotopic (exact) mass is 427 g/mol. The Morgan fingerprint density at radius 2 is 1.69 bits per heavy atom. The van der Waals surface area contributed by atoms with Gasteiger partial charge < -0.3 is 4.42 Å².